The van der Waals surface area contributed by atoms with E-state index in [1.54, 1.807) is 0 Å². The topological polar surface area (TPSA) is 52.6 Å². The molecule has 0 spiro atoms. The maximum atomic E-state index is 13.0. The Morgan fingerprint density at radius 3 is 2.46 bits per heavy atom. The number of nitrogens with one attached hydrogen (secondary N) is 1. The molecule has 4 heteroatoms. The Morgan fingerprint density at radius 1 is 1.21 bits per heavy atom. The van der Waals surface area contributed by atoms with Gasteiger partial charge in [0.15, 0.2) is 0 Å². The van der Waals surface area contributed by atoms with Crippen molar-refractivity contribution >= 4 is 5.91 Å². The molecule has 2 fully saturated rings. The number of likely N-dealkylation sites (tertiary alicyclic amines) is 1. The maximum Gasteiger partial charge on any atom is 0.223 e. The minimum absolute atomic E-state index is 0.00217. The van der Waals surface area contributed by atoms with E-state index in [-0.39, 0.29) is 29.3 Å². The zero-order valence-corrected chi connectivity index (χ0v) is 18.1. The zero-order chi connectivity index (χ0) is 20.4. The summed E-state index contributed by atoms with van der Waals surface area (Å²) in [6.45, 7) is 10.5. The molecule has 2 N–H and O–H groups in total. The third-order valence-electron chi connectivity index (χ3n) is 6.60. The molecular formula is C24H38N2O2. The first-order valence-corrected chi connectivity index (χ1v) is 11.0. The number of benzene rings is 1. The molecule has 3 atom stereocenters. The quantitative estimate of drug-likeness (QED) is 0.793. The van der Waals surface area contributed by atoms with Crippen LogP contribution in [0, 0.1) is 11.3 Å². The van der Waals surface area contributed by atoms with Crippen LogP contribution in [0.2, 0.25) is 0 Å². The van der Waals surface area contributed by atoms with Crippen LogP contribution in [0.3, 0.4) is 0 Å². The molecule has 0 aromatic heterocycles. The summed E-state index contributed by atoms with van der Waals surface area (Å²) >= 11 is 0. The van der Waals surface area contributed by atoms with Gasteiger partial charge in [-0.25, -0.2) is 0 Å². The molecule has 0 bridgehead atoms. The number of nitrogens with zero attached hydrogens (tertiary/aromatic N) is 1. The Kier molecular flexibility index (Phi) is 6.51. The van der Waals surface area contributed by atoms with Crippen molar-refractivity contribution in [1.29, 1.82) is 0 Å². The first-order valence-electron chi connectivity index (χ1n) is 11.0. The number of hydrogen-bond donors (Lipinski definition) is 2. The van der Waals surface area contributed by atoms with Crippen LogP contribution >= 0.6 is 0 Å². The van der Waals surface area contributed by atoms with E-state index in [9.17, 15) is 9.90 Å². The van der Waals surface area contributed by atoms with Gasteiger partial charge in [-0.3, -0.25) is 9.69 Å². The average molecular weight is 387 g/mol. The number of hydrogen-bond acceptors (Lipinski definition) is 3. The van der Waals surface area contributed by atoms with Crippen LogP contribution < -0.4 is 5.32 Å². The number of piperidine rings is 1. The van der Waals surface area contributed by atoms with Gasteiger partial charge in [0.1, 0.15) is 0 Å². The molecule has 0 radical (unpaired) electrons. The molecule has 156 valence electrons. The Balaban J connectivity index is 1.87. The van der Waals surface area contributed by atoms with Gasteiger partial charge in [0.2, 0.25) is 5.91 Å². The predicted octanol–water partition coefficient (Wildman–Crippen LogP) is 4.30. The highest BCUT2D eigenvalue weighted by atomic mass is 16.3. The van der Waals surface area contributed by atoms with Crippen molar-refractivity contribution in [3.8, 4) is 0 Å². The van der Waals surface area contributed by atoms with Crippen LogP contribution in [-0.4, -0.2) is 40.6 Å². The summed E-state index contributed by atoms with van der Waals surface area (Å²) in [5.41, 5.74) is 0.518. The molecule has 28 heavy (non-hydrogen) atoms. The summed E-state index contributed by atoms with van der Waals surface area (Å²) in [6, 6.07) is 10.1. The fraction of sp³-hybridized carbons (Fsp3) is 0.708. The van der Waals surface area contributed by atoms with Crippen LogP contribution in [0.5, 0.6) is 0 Å². The molecular weight excluding hydrogens is 348 g/mol. The van der Waals surface area contributed by atoms with Crippen LogP contribution in [0.1, 0.15) is 77.8 Å². The second-order valence-corrected chi connectivity index (χ2v) is 10.3. The molecule has 1 aliphatic carbocycles. The summed E-state index contributed by atoms with van der Waals surface area (Å²) in [4.78, 5) is 15.4. The van der Waals surface area contributed by atoms with Crippen molar-refractivity contribution in [2.24, 2.45) is 11.3 Å². The number of aliphatic hydroxyl groups is 1. The lowest BCUT2D eigenvalue weighted by molar-refractivity contribution is -0.132. The van der Waals surface area contributed by atoms with Gasteiger partial charge in [0.05, 0.1) is 17.7 Å². The molecule has 0 unspecified atom stereocenters. The highest BCUT2D eigenvalue weighted by Crippen LogP contribution is 2.38. The molecule has 1 aliphatic heterocycles. The third kappa shape index (κ3) is 5.15. The van der Waals surface area contributed by atoms with Gasteiger partial charge in [0.25, 0.3) is 0 Å². The summed E-state index contributed by atoms with van der Waals surface area (Å²) in [7, 11) is 0. The Hall–Kier alpha value is -1.39. The van der Waals surface area contributed by atoms with E-state index < -0.39 is 5.60 Å². The fourth-order valence-electron chi connectivity index (χ4n) is 4.69. The molecule has 1 saturated heterocycles. The molecule has 2 aliphatic rings. The van der Waals surface area contributed by atoms with Crippen LogP contribution in [0.15, 0.2) is 30.3 Å². The van der Waals surface area contributed by atoms with Crippen molar-refractivity contribution < 1.29 is 9.90 Å². The lowest BCUT2D eigenvalue weighted by Gasteiger charge is -2.50. The third-order valence-corrected chi connectivity index (χ3v) is 6.60. The highest BCUT2D eigenvalue weighted by Gasteiger charge is 2.46. The van der Waals surface area contributed by atoms with Crippen molar-refractivity contribution in [2.75, 3.05) is 13.1 Å². The molecule has 1 saturated carbocycles. The largest absolute Gasteiger partial charge is 0.388 e. The molecule has 1 aromatic carbocycles. The predicted molar refractivity (Wildman–Crippen MR) is 114 cm³/mol. The van der Waals surface area contributed by atoms with E-state index in [4.69, 9.17) is 0 Å². The van der Waals surface area contributed by atoms with Crippen LogP contribution in [0.25, 0.3) is 0 Å². The number of carbonyl (C=O) groups excluding carboxylic acids is 1. The normalized spacial score (nSPS) is 29.8. The van der Waals surface area contributed by atoms with E-state index in [1.165, 1.54) is 5.56 Å². The molecule has 3 rings (SSSR count). The maximum absolute atomic E-state index is 13.0. The zero-order valence-electron chi connectivity index (χ0n) is 18.1. The van der Waals surface area contributed by atoms with Gasteiger partial charge in [-0.1, -0.05) is 63.9 Å². The Bertz CT molecular complexity index is 644. The van der Waals surface area contributed by atoms with Crippen molar-refractivity contribution in [3.05, 3.63) is 35.9 Å². The van der Waals surface area contributed by atoms with E-state index >= 15 is 0 Å². The van der Waals surface area contributed by atoms with Crippen molar-refractivity contribution in [3.63, 3.8) is 0 Å². The van der Waals surface area contributed by atoms with Gasteiger partial charge in [-0.2, -0.15) is 0 Å². The highest BCUT2D eigenvalue weighted by molar-refractivity contribution is 5.79. The van der Waals surface area contributed by atoms with Crippen LogP contribution in [-0.2, 0) is 4.79 Å². The van der Waals surface area contributed by atoms with Gasteiger partial charge in [-0.05, 0) is 50.1 Å². The first-order chi connectivity index (χ1) is 13.2. The van der Waals surface area contributed by atoms with Crippen molar-refractivity contribution in [2.45, 2.75) is 83.9 Å². The smallest absolute Gasteiger partial charge is 0.223 e. The molecule has 4 nitrogen and oxygen atoms in total. The number of amides is 1. The molecule has 1 aromatic rings. The van der Waals surface area contributed by atoms with Gasteiger partial charge in [0, 0.05) is 12.5 Å². The second kappa shape index (κ2) is 8.54. The SMILES string of the molecule is CC(C)(C)CCN1CC[C@@](C)(O)[C@@H](NC(=O)C2CCCC2)[C@@H]1c1ccccc1. The molecule has 1 amide bonds. The second-order valence-electron chi connectivity index (χ2n) is 10.3. The Morgan fingerprint density at radius 2 is 1.86 bits per heavy atom. The lowest BCUT2D eigenvalue weighted by atomic mass is 9.78. The van der Waals surface area contributed by atoms with E-state index in [0.29, 0.717) is 6.42 Å². The van der Waals surface area contributed by atoms with E-state index in [1.807, 2.05) is 13.0 Å². The average Bonchev–Trinajstić information content (AvgIpc) is 3.17. The van der Waals surface area contributed by atoms with Gasteiger partial charge < -0.3 is 10.4 Å². The van der Waals surface area contributed by atoms with E-state index in [2.05, 4.69) is 55.3 Å². The summed E-state index contributed by atoms with van der Waals surface area (Å²) in [6.07, 6.45) is 5.99. The monoisotopic (exact) mass is 386 g/mol. The number of rotatable bonds is 5. The Labute approximate surface area is 170 Å². The standard InChI is InChI=1S/C24H38N2O2/c1-23(2,3)14-16-26-17-15-24(4,28)21(20(26)18-10-6-5-7-11-18)25-22(27)19-12-8-9-13-19/h5-7,10-11,19-21,28H,8-9,12-17H2,1-4H3,(H,25,27)/t20-,21-,24+/m0/s1. The van der Waals surface area contributed by atoms with Crippen molar-refractivity contribution in [1.82, 2.24) is 10.2 Å². The minimum Gasteiger partial charge on any atom is -0.388 e. The molecule has 1 heterocycles. The van der Waals surface area contributed by atoms with Crippen LogP contribution in [0.4, 0.5) is 0 Å². The van der Waals surface area contributed by atoms with E-state index in [0.717, 1.165) is 45.2 Å². The summed E-state index contributed by atoms with van der Waals surface area (Å²) in [5, 5.41) is 14.6. The minimum atomic E-state index is -0.910. The summed E-state index contributed by atoms with van der Waals surface area (Å²) in [5.74, 6) is 0.235. The summed E-state index contributed by atoms with van der Waals surface area (Å²) < 4.78 is 0. The van der Waals surface area contributed by atoms with Gasteiger partial charge in [-0.15, -0.1) is 0 Å². The number of carbonyl (C=O) groups is 1. The lowest BCUT2D eigenvalue weighted by Crippen LogP contribution is -2.63. The first kappa shape index (κ1) is 21.3. The van der Waals surface area contributed by atoms with Gasteiger partial charge >= 0.3 is 0 Å². The fourth-order valence-corrected chi connectivity index (χ4v) is 4.69.